The predicted octanol–water partition coefficient (Wildman–Crippen LogP) is 3.55. The van der Waals surface area contributed by atoms with Crippen molar-refractivity contribution in [3.8, 4) is 11.5 Å². The summed E-state index contributed by atoms with van der Waals surface area (Å²) < 4.78 is 10.0. The van der Waals surface area contributed by atoms with Crippen LogP contribution < -0.4 is 10.3 Å². The zero-order valence-electron chi connectivity index (χ0n) is 15.2. The van der Waals surface area contributed by atoms with Gasteiger partial charge in [-0.2, -0.15) is 0 Å². The van der Waals surface area contributed by atoms with Crippen molar-refractivity contribution in [3.05, 3.63) is 63.7 Å². The molecule has 0 aliphatic rings. The van der Waals surface area contributed by atoms with Crippen LogP contribution in [0.1, 0.15) is 28.7 Å². The van der Waals surface area contributed by atoms with Gasteiger partial charge in [-0.3, -0.25) is 4.79 Å². The summed E-state index contributed by atoms with van der Waals surface area (Å²) in [5, 5.41) is 10.3. The van der Waals surface area contributed by atoms with Gasteiger partial charge < -0.3 is 19.6 Å². The number of hydrogen-bond donors (Lipinski definition) is 2. The first-order valence-electron chi connectivity index (χ1n) is 8.38. The summed E-state index contributed by atoms with van der Waals surface area (Å²) in [4.78, 5) is 31.0. The third-order valence-electron chi connectivity index (χ3n) is 3.93. The Morgan fingerprint density at radius 2 is 2.07 bits per heavy atom. The Bertz CT molecular complexity index is 1140. The Balaban J connectivity index is 2.04. The van der Waals surface area contributed by atoms with Gasteiger partial charge in [-0.15, -0.1) is 0 Å². The van der Waals surface area contributed by atoms with Crippen LogP contribution in [-0.4, -0.2) is 34.8 Å². The van der Waals surface area contributed by atoms with Crippen LogP contribution >= 0.6 is 11.6 Å². The summed E-state index contributed by atoms with van der Waals surface area (Å²) in [6, 6.07) is 9.22. The number of carbonyl (C=O) groups excluding carboxylic acids is 1. The molecule has 144 valence electrons. The van der Waals surface area contributed by atoms with Crippen LogP contribution in [0.4, 0.5) is 0 Å². The molecule has 1 aromatic heterocycles. The standard InChI is InChI=1S/C20H17ClN2O5/c1-3-28-17-9-11(4-7-16(17)24)8-14(21)18-22-15-10-12(20(26)27-2)5-6-13(15)19(25)23-18/h4-10,24H,3H2,1-2H3,(H,22,23,25). The summed E-state index contributed by atoms with van der Waals surface area (Å²) >= 11 is 6.35. The van der Waals surface area contributed by atoms with Crippen molar-refractivity contribution >= 4 is 39.6 Å². The van der Waals surface area contributed by atoms with E-state index < -0.39 is 5.97 Å². The van der Waals surface area contributed by atoms with Gasteiger partial charge in [0.2, 0.25) is 0 Å². The average molecular weight is 401 g/mol. The fourth-order valence-electron chi connectivity index (χ4n) is 2.60. The number of phenols is 1. The Labute approximate surface area is 165 Å². The highest BCUT2D eigenvalue weighted by molar-refractivity contribution is 6.50. The van der Waals surface area contributed by atoms with Crippen molar-refractivity contribution in [1.29, 1.82) is 0 Å². The molecule has 3 rings (SSSR count). The van der Waals surface area contributed by atoms with E-state index in [1.165, 1.54) is 31.4 Å². The van der Waals surface area contributed by atoms with Gasteiger partial charge in [0, 0.05) is 0 Å². The Morgan fingerprint density at radius 1 is 1.29 bits per heavy atom. The first-order valence-corrected chi connectivity index (χ1v) is 8.76. The number of benzene rings is 2. The molecule has 0 unspecified atom stereocenters. The molecular weight excluding hydrogens is 384 g/mol. The Hall–Kier alpha value is -3.32. The quantitative estimate of drug-likeness (QED) is 0.635. The number of carbonyl (C=O) groups is 1. The normalized spacial score (nSPS) is 11.5. The number of aromatic amines is 1. The van der Waals surface area contributed by atoms with Gasteiger partial charge >= 0.3 is 5.97 Å². The van der Waals surface area contributed by atoms with Crippen LogP contribution in [0.5, 0.6) is 11.5 Å². The molecule has 8 heteroatoms. The summed E-state index contributed by atoms with van der Waals surface area (Å²) in [5.41, 5.74) is 0.855. The maximum Gasteiger partial charge on any atom is 0.337 e. The van der Waals surface area contributed by atoms with Gasteiger partial charge in [-0.25, -0.2) is 9.78 Å². The fourth-order valence-corrected chi connectivity index (χ4v) is 2.82. The van der Waals surface area contributed by atoms with Crippen molar-refractivity contribution in [1.82, 2.24) is 9.97 Å². The second-order valence-electron chi connectivity index (χ2n) is 5.79. The van der Waals surface area contributed by atoms with Crippen LogP contribution in [0.2, 0.25) is 0 Å². The molecule has 1 heterocycles. The van der Waals surface area contributed by atoms with Crippen LogP contribution in [0.25, 0.3) is 22.0 Å². The number of aromatic nitrogens is 2. The molecule has 0 atom stereocenters. The minimum Gasteiger partial charge on any atom is -0.504 e. The van der Waals surface area contributed by atoms with Gasteiger partial charge in [0.25, 0.3) is 5.56 Å². The predicted molar refractivity (Wildman–Crippen MR) is 107 cm³/mol. The number of esters is 1. The monoisotopic (exact) mass is 400 g/mol. The zero-order chi connectivity index (χ0) is 20.3. The van der Waals surface area contributed by atoms with Gasteiger partial charge in [-0.1, -0.05) is 17.7 Å². The Kier molecular flexibility index (Phi) is 5.65. The highest BCUT2D eigenvalue weighted by atomic mass is 35.5. The number of nitrogens with zero attached hydrogens (tertiary/aromatic N) is 1. The first kappa shape index (κ1) is 19.4. The van der Waals surface area contributed by atoms with Crippen molar-refractivity contribution in [3.63, 3.8) is 0 Å². The average Bonchev–Trinajstić information content (AvgIpc) is 2.69. The molecule has 28 heavy (non-hydrogen) atoms. The number of H-pyrrole nitrogens is 1. The zero-order valence-corrected chi connectivity index (χ0v) is 15.9. The second kappa shape index (κ2) is 8.14. The second-order valence-corrected chi connectivity index (χ2v) is 6.20. The first-order chi connectivity index (χ1) is 13.4. The summed E-state index contributed by atoms with van der Waals surface area (Å²) in [6.07, 6.45) is 1.58. The molecule has 2 N–H and O–H groups in total. The van der Waals surface area contributed by atoms with Crippen molar-refractivity contribution in [2.75, 3.05) is 13.7 Å². The Morgan fingerprint density at radius 3 is 2.79 bits per heavy atom. The highest BCUT2D eigenvalue weighted by Crippen LogP contribution is 2.29. The molecular formula is C20H17ClN2O5. The number of hydrogen-bond acceptors (Lipinski definition) is 6. The molecule has 0 bridgehead atoms. The van der Waals surface area contributed by atoms with Crippen molar-refractivity contribution in [2.45, 2.75) is 6.92 Å². The molecule has 2 aromatic carbocycles. The van der Waals surface area contributed by atoms with Gasteiger partial charge in [-0.05, 0) is 48.9 Å². The topological polar surface area (TPSA) is 102 Å². The van der Waals surface area contributed by atoms with E-state index in [2.05, 4.69) is 9.97 Å². The van der Waals surface area contributed by atoms with Crippen LogP contribution in [0, 0.1) is 0 Å². The lowest BCUT2D eigenvalue weighted by molar-refractivity contribution is 0.0601. The number of nitrogens with one attached hydrogen (secondary N) is 1. The minimum absolute atomic E-state index is 0.0164. The number of methoxy groups -OCH3 is 1. The maximum absolute atomic E-state index is 12.3. The molecule has 0 saturated heterocycles. The molecule has 0 saturated carbocycles. The van der Waals surface area contributed by atoms with Crippen LogP contribution in [-0.2, 0) is 4.74 Å². The number of rotatable bonds is 5. The summed E-state index contributed by atoms with van der Waals surface area (Å²) in [5.74, 6) is -0.0435. The molecule has 0 spiro atoms. The third-order valence-corrected chi connectivity index (χ3v) is 4.22. The SMILES string of the molecule is CCOc1cc(C=C(Cl)c2nc3cc(C(=O)OC)ccc3c(=O)[nH]2)ccc1O. The summed E-state index contributed by atoms with van der Waals surface area (Å²) in [7, 11) is 1.27. The minimum atomic E-state index is -0.528. The molecule has 7 nitrogen and oxygen atoms in total. The van der Waals surface area contributed by atoms with Crippen molar-refractivity contribution < 1.29 is 19.4 Å². The smallest absolute Gasteiger partial charge is 0.337 e. The van der Waals surface area contributed by atoms with E-state index in [1.54, 1.807) is 25.1 Å². The molecule has 0 amide bonds. The van der Waals surface area contributed by atoms with E-state index >= 15 is 0 Å². The maximum atomic E-state index is 12.3. The third kappa shape index (κ3) is 3.99. The molecule has 3 aromatic rings. The van der Waals surface area contributed by atoms with Gasteiger partial charge in [0.15, 0.2) is 17.3 Å². The largest absolute Gasteiger partial charge is 0.504 e. The van der Waals surface area contributed by atoms with Gasteiger partial charge in [0.1, 0.15) is 0 Å². The lowest BCUT2D eigenvalue weighted by atomic mass is 10.1. The van der Waals surface area contributed by atoms with Crippen molar-refractivity contribution in [2.24, 2.45) is 0 Å². The number of phenolic OH excluding ortho intramolecular Hbond substituents is 1. The number of fused-ring (bicyclic) bond motifs is 1. The number of aromatic hydroxyl groups is 1. The molecule has 0 fully saturated rings. The molecule has 0 aliphatic carbocycles. The van der Waals surface area contributed by atoms with E-state index in [-0.39, 0.29) is 27.7 Å². The van der Waals surface area contributed by atoms with E-state index in [9.17, 15) is 14.7 Å². The van der Waals surface area contributed by atoms with Crippen LogP contribution in [0.3, 0.4) is 0 Å². The fraction of sp³-hybridized carbons (Fsp3) is 0.150. The molecule has 0 aliphatic heterocycles. The van der Waals surface area contributed by atoms with Gasteiger partial charge in [0.05, 0.1) is 35.2 Å². The number of ether oxygens (including phenoxy) is 2. The highest BCUT2D eigenvalue weighted by Gasteiger charge is 2.11. The lowest BCUT2D eigenvalue weighted by Crippen LogP contribution is -2.11. The van der Waals surface area contributed by atoms with E-state index in [1.807, 2.05) is 0 Å². The van der Waals surface area contributed by atoms with E-state index in [4.69, 9.17) is 21.1 Å². The van der Waals surface area contributed by atoms with E-state index in [0.717, 1.165) is 0 Å². The lowest BCUT2D eigenvalue weighted by Gasteiger charge is -2.07. The van der Waals surface area contributed by atoms with E-state index in [0.29, 0.717) is 28.8 Å². The number of halogens is 1. The molecule has 0 radical (unpaired) electrons. The summed E-state index contributed by atoms with van der Waals surface area (Å²) in [6.45, 7) is 2.21. The van der Waals surface area contributed by atoms with Crippen LogP contribution in [0.15, 0.2) is 41.2 Å².